The first-order valence-corrected chi connectivity index (χ1v) is 9.36. The lowest BCUT2D eigenvalue weighted by Crippen LogP contribution is -2.39. The van der Waals surface area contributed by atoms with Gasteiger partial charge in [-0.25, -0.2) is 0 Å². The molecule has 2 aromatic heterocycles. The Morgan fingerprint density at radius 2 is 1.81 bits per heavy atom. The van der Waals surface area contributed by atoms with Gasteiger partial charge in [-0.15, -0.1) is 0 Å². The number of aliphatic imine (C=N–C) groups is 1. The van der Waals surface area contributed by atoms with Crippen LogP contribution in [0.4, 0.5) is 0 Å². The van der Waals surface area contributed by atoms with E-state index in [-0.39, 0.29) is 0 Å². The van der Waals surface area contributed by atoms with Gasteiger partial charge in [-0.1, -0.05) is 30.3 Å². The van der Waals surface area contributed by atoms with Crippen LogP contribution in [-0.4, -0.2) is 35.4 Å². The molecule has 2 heterocycles. The Bertz CT molecular complexity index is 808. The zero-order valence-electron chi connectivity index (χ0n) is 15.8. The molecule has 0 atom stereocenters. The van der Waals surface area contributed by atoms with Gasteiger partial charge < -0.3 is 15.1 Å². The second-order valence-corrected chi connectivity index (χ2v) is 6.34. The van der Waals surface area contributed by atoms with Crippen LogP contribution in [0.25, 0.3) is 0 Å². The number of furan rings is 1. The average Bonchev–Trinajstić information content (AvgIpc) is 3.34. The number of nitrogens with one attached hydrogen (secondary N) is 2. The van der Waals surface area contributed by atoms with Crippen LogP contribution in [0.5, 0.6) is 0 Å². The van der Waals surface area contributed by atoms with Crippen molar-refractivity contribution in [1.29, 1.82) is 0 Å². The molecular formula is C21H27N5O. The first-order valence-electron chi connectivity index (χ1n) is 9.36. The SMILES string of the molecule is Cn1nccc1CCNC(=NCCc1ccco1)NCCc1ccccc1. The highest BCUT2D eigenvalue weighted by atomic mass is 16.3. The molecule has 0 unspecified atom stereocenters. The number of rotatable bonds is 9. The summed E-state index contributed by atoms with van der Waals surface area (Å²) in [5, 5.41) is 11.1. The molecule has 0 saturated carbocycles. The van der Waals surface area contributed by atoms with Crippen molar-refractivity contribution < 1.29 is 4.42 Å². The first-order chi connectivity index (χ1) is 13.3. The number of nitrogens with zero attached hydrogens (tertiary/aromatic N) is 3. The summed E-state index contributed by atoms with van der Waals surface area (Å²) in [6, 6.07) is 16.4. The molecule has 2 N–H and O–H groups in total. The minimum atomic E-state index is 0.680. The molecule has 0 amide bonds. The normalized spacial score (nSPS) is 11.5. The molecule has 6 heteroatoms. The van der Waals surface area contributed by atoms with E-state index in [2.05, 4.69) is 45.0 Å². The summed E-state index contributed by atoms with van der Waals surface area (Å²) in [7, 11) is 1.96. The molecule has 0 fully saturated rings. The molecule has 27 heavy (non-hydrogen) atoms. The summed E-state index contributed by atoms with van der Waals surface area (Å²) in [6.07, 6.45) is 6.17. The number of hydrogen-bond acceptors (Lipinski definition) is 3. The third kappa shape index (κ3) is 6.33. The summed E-state index contributed by atoms with van der Waals surface area (Å²) < 4.78 is 7.28. The predicted octanol–water partition coefficient (Wildman–Crippen LogP) is 2.58. The number of aryl methyl sites for hydroxylation is 1. The molecule has 0 spiro atoms. The molecule has 0 aliphatic carbocycles. The van der Waals surface area contributed by atoms with E-state index in [0.29, 0.717) is 6.54 Å². The number of benzene rings is 1. The first kappa shape index (κ1) is 18.8. The third-order valence-electron chi connectivity index (χ3n) is 4.35. The number of hydrogen-bond donors (Lipinski definition) is 2. The fourth-order valence-electron chi connectivity index (χ4n) is 2.83. The van der Waals surface area contributed by atoms with Crippen molar-refractivity contribution in [2.75, 3.05) is 19.6 Å². The fourth-order valence-corrected chi connectivity index (χ4v) is 2.83. The zero-order chi connectivity index (χ0) is 18.7. The third-order valence-corrected chi connectivity index (χ3v) is 4.35. The fraction of sp³-hybridized carbons (Fsp3) is 0.333. The number of aromatic nitrogens is 2. The largest absolute Gasteiger partial charge is 0.469 e. The van der Waals surface area contributed by atoms with Crippen LogP contribution in [0.15, 0.2) is 70.4 Å². The highest BCUT2D eigenvalue weighted by Crippen LogP contribution is 2.01. The summed E-state index contributed by atoms with van der Waals surface area (Å²) in [4.78, 5) is 4.68. The number of guanidine groups is 1. The van der Waals surface area contributed by atoms with Crippen molar-refractivity contribution in [3.05, 3.63) is 78.0 Å². The molecule has 1 aromatic carbocycles. The maximum atomic E-state index is 5.38. The second kappa shape index (κ2) is 10.2. The van der Waals surface area contributed by atoms with E-state index < -0.39 is 0 Å². The van der Waals surface area contributed by atoms with Crippen molar-refractivity contribution in [3.8, 4) is 0 Å². The van der Waals surface area contributed by atoms with E-state index in [1.54, 1.807) is 6.26 Å². The van der Waals surface area contributed by atoms with Crippen LogP contribution in [0, 0.1) is 0 Å². The average molecular weight is 365 g/mol. The zero-order valence-corrected chi connectivity index (χ0v) is 15.8. The van der Waals surface area contributed by atoms with Crippen molar-refractivity contribution in [3.63, 3.8) is 0 Å². The van der Waals surface area contributed by atoms with Crippen molar-refractivity contribution in [2.45, 2.75) is 19.3 Å². The second-order valence-electron chi connectivity index (χ2n) is 6.34. The van der Waals surface area contributed by atoms with Crippen molar-refractivity contribution in [1.82, 2.24) is 20.4 Å². The van der Waals surface area contributed by atoms with Crippen LogP contribution in [0.3, 0.4) is 0 Å². The van der Waals surface area contributed by atoms with Gasteiger partial charge in [0.1, 0.15) is 5.76 Å². The maximum Gasteiger partial charge on any atom is 0.191 e. The van der Waals surface area contributed by atoms with Gasteiger partial charge in [0.15, 0.2) is 5.96 Å². The van der Waals surface area contributed by atoms with Crippen LogP contribution in [0.2, 0.25) is 0 Å². The monoisotopic (exact) mass is 365 g/mol. The minimum absolute atomic E-state index is 0.680. The summed E-state index contributed by atoms with van der Waals surface area (Å²) in [5.74, 6) is 1.79. The van der Waals surface area contributed by atoms with Gasteiger partial charge in [-0.05, 0) is 30.2 Å². The minimum Gasteiger partial charge on any atom is -0.469 e. The van der Waals surface area contributed by atoms with Gasteiger partial charge in [0.05, 0.1) is 6.26 Å². The lowest BCUT2D eigenvalue weighted by Gasteiger charge is -2.13. The molecule has 6 nitrogen and oxygen atoms in total. The standard InChI is InChI=1S/C21H27N5O/c1-26-19(11-16-25-26)10-14-23-21(24-15-12-20-8-5-17-27-20)22-13-9-18-6-3-2-4-7-18/h2-8,11,16-17H,9-10,12-15H2,1H3,(H2,22,23,24). The molecule has 142 valence electrons. The lowest BCUT2D eigenvalue weighted by molar-refractivity contribution is 0.510. The van der Waals surface area contributed by atoms with Gasteiger partial charge in [-0.2, -0.15) is 5.10 Å². The highest BCUT2D eigenvalue weighted by Gasteiger charge is 2.02. The van der Waals surface area contributed by atoms with Crippen molar-refractivity contribution in [2.24, 2.45) is 12.0 Å². The van der Waals surface area contributed by atoms with Crippen LogP contribution >= 0.6 is 0 Å². The predicted molar refractivity (Wildman–Crippen MR) is 108 cm³/mol. The van der Waals surface area contributed by atoms with Gasteiger partial charge in [-0.3, -0.25) is 9.67 Å². The molecule has 0 saturated heterocycles. The molecule has 0 aliphatic heterocycles. The topological polar surface area (TPSA) is 67.4 Å². The Balaban J connectivity index is 1.49. The molecule has 0 bridgehead atoms. The van der Waals surface area contributed by atoms with Gasteiger partial charge in [0.25, 0.3) is 0 Å². The lowest BCUT2D eigenvalue weighted by atomic mass is 10.1. The summed E-state index contributed by atoms with van der Waals surface area (Å²) in [6.45, 7) is 2.32. The highest BCUT2D eigenvalue weighted by molar-refractivity contribution is 5.79. The van der Waals surface area contributed by atoms with Gasteiger partial charge in [0.2, 0.25) is 0 Å². The maximum absolute atomic E-state index is 5.38. The van der Waals surface area contributed by atoms with E-state index in [9.17, 15) is 0 Å². The van der Waals surface area contributed by atoms with E-state index in [4.69, 9.17) is 4.42 Å². The van der Waals surface area contributed by atoms with E-state index >= 15 is 0 Å². The van der Waals surface area contributed by atoms with Crippen LogP contribution in [0.1, 0.15) is 17.0 Å². The Labute approximate surface area is 160 Å². The molecular weight excluding hydrogens is 338 g/mol. The molecule has 0 radical (unpaired) electrons. The quantitative estimate of drug-likeness (QED) is 0.452. The molecule has 0 aliphatic rings. The van der Waals surface area contributed by atoms with E-state index in [1.807, 2.05) is 42.2 Å². The van der Waals surface area contributed by atoms with Crippen LogP contribution < -0.4 is 10.6 Å². The van der Waals surface area contributed by atoms with Gasteiger partial charge in [0, 0.05) is 51.4 Å². The Morgan fingerprint density at radius 3 is 2.52 bits per heavy atom. The summed E-state index contributed by atoms with van der Waals surface area (Å²) in [5.41, 5.74) is 2.51. The Kier molecular flexibility index (Phi) is 7.09. The Hall–Kier alpha value is -3.02. The van der Waals surface area contributed by atoms with E-state index in [1.165, 1.54) is 11.3 Å². The Morgan fingerprint density at radius 1 is 1.00 bits per heavy atom. The van der Waals surface area contributed by atoms with E-state index in [0.717, 1.165) is 44.1 Å². The molecule has 3 rings (SSSR count). The molecule has 3 aromatic rings. The van der Waals surface area contributed by atoms with Crippen molar-refractivity contribution >= 4 is 5.96 Å². The smallest absolute Gasteiger partial charge is 0.191 e. The van der Waals surface area contributed by atoms with Crippen LogP contribution in [-0.2, 0) is 26.3 Å². The summed E-state index contributed by atoms with van der Waals surface area (Å²) >= 11 is 0. The van der Waals surface area contributed by atoms with Gasteiger partial charge >= 0.3 is 0 Å².